The van der Waals surface area contributed by atoms with Crippen molar-refractivity contribution in [1.82, 2.24) is 20.6 Å². The third-order valence-electron chi connectivity index (χ3n) is 5.38. The SMILES string of the molecule is CC(C)(C)C(=O)Nc1cccc(C(=O)NNC(=O)c2cn(-c3ccccc3)nc2-c2ccccc2)c1. The molecule has 0 aliphatic heterocycles. The highest BCUT2D eigenvalue weighted by Gasteiger charge is 2.22. The summed E-state index contributed by atoms with van der Waals surface area (Å²) in [6, 6.07) is 25.3. The number of benzene rings is 3. The molecule has 8 nitrogen and oxygen atoms in total. The normalized spacial score (nSPS) is 11.0. The number of para-hydroxylation sites is 1. The smallest absolute Gasteiger partial charge is 0.273 e. The van der Waals surface area contributed by atoms with Crippen LogP contribution in [0, 0.1) is 5.41 Å². The summed E-state index contributed by atoms with van der Waals surface area (Å²) in [5.74, 6) is -1.20. The van der Waals surface area contributed by atoms with Gasteiger partial charge >= 0.3 is 0 Å². The van der Waals surface area contributed by atoms with Crippen LogP contribution in [0.2, 0.25) is 0 Å². The van der Waals surface area contributed by atoms with Crippen molar-refractivity contribution in [2.45, 2.75) is 20.8 Å². The maximum atomic E-state index is 13.1. The Labute approximate surface area is 209 Å². The Hall–Kier alpha value is -4.72. The van der Waals surface area contributed by atoms with Crippen LogP contribution in [0.5, 0.6) is 0 Å². The summed E-state index contributed by atoms with van der Waals surface area (Å²) < 4.78 is 1.63. The van der Waals surface area contributed by atoms with E-state index in [0.29, 0.717) is 16.9 Å². The number of hydrazine groups is 1. The van der Waals surface area contributed by atoms with E-state index in [2.05, 4.69) is 21.3 Å². The number of carbonyl (C=O) groups is 3. The third-order valence-corrected chi connectivity index (χ3v) is 5.38. The Bertz CT molecular complexity index is 1390. The molecule has 36 heavy (non-hydrogen) atoms. The van der Waals surface area contributed by atoms with Gasteiger partial charge in [0.15, 0.2) is 0 Å². The van der Waals surface area contributed by atoms with Crippen LogP contribution in [0.25, 0.3) is 16.9 Å². The maximum absolute atomic E-state index is 13.1. The Morgan fingerprint density at radius 2 is 1.42 bits per heavy atom. The van der Waals surface area contributed by atoms with Crippen molar-refractivity contribution in [2.75, 3.05) is 5.32 Å². The highest BCUT2D eigenvalue weighted by atomic mass is 16.2. The molecule has 0 fully saturated rings. The van der Waals surface area contributed by atoms with Crippen LogP contribution in [-0.2, 0) is 4.79 Å². The average Bonchev–Trinajstić information content (AvgIpc) is 3.33. The van der Waals surface area contributed by atoms with E-state index < -0.39 is 17.2 Å². The predicted octanol–water partition coefficient (Wildman–Crippen LogP) is 4.60. The van der Waals surface area contributed by atoms with E-state index >= 15 is 0 Å². The van der Waals surface area contributed by atoms with Crippen molar-refractivity contribution >= 4 is 23.4 Å². The Morgan fingerprint density at radius 1 is 0.778 bits per heavy atom. The van der Waals surface area contributed by atoms with Crippen LogP contribution in [0.4, 0.5) is 5.69 Å². The monoisotopic (exact) mass is 481 g/mol. The molecule has 0 radical (unpaired) electrons. The topological polar surface area (TPSA) is 105 Å². The van der Waals surface area contributed by atoms with Gasteiger partial charge in [0.1, 0.15) is 5.69 Å². The summed E-state index contributed by atoms with van der Waals surface area (Å²) in [5.41, 5.74) is 7.48. The van der Waals surface area contributed by atoms with Gasteiger partial charge in [0.05, 0.1) is 11.3 Å². The second-order valence-electron chi connectivity index (χ2n) is 9.23. The van der Waals surface area contributed by atoms with Gasteiger partial charge in [0, 0.05) is 28.4 Å². The lowest BCUT2D eigenvalue weighted by Crippen LogP contribution is -2.41. The molecule has 8 heteroatoms. The van der Waals surface area contributed by atoms with Crippen molar-refractivity contribution in [2.24, 2.45) is 5.41 Å². The summed E-state index contributed by atoms with van der Waals surface area (Å²) in [6.45, 7) is 5.41. The standard InChI is InChI=1S/C28H27N5O3/c1-28(2,3)27(36)29-21-14-10-13-20(17-21)25(34)30-31-26(35)23-18-33(22-15-8-5-9-16-22)32-24(23)19-11-6-4-7-12-19/h4-18H,1-3H3,(H,29,36)(H,30,34)(H,31,35). The van der Waals surface area contributed by atoms with Gasteiger partial charge in [-0.05, 0) is 30.3 Å². The molecule has 0 aliphatic rings. The van der Waals surface area contributed by atoms with E-state index in [0.717, 1.165) is 11.3 Å². The second kappa shape index (κ2) is 10.3. The fourth-order valence-corrected chi connectivity index (χ4v) is 3.37. The average molecular weight is 482 g/mol. The first-order chi connectivity index (χ1) is 17.2. The van der Waals surface area contributed by atoms with Crippen molar-refractivity contribution in [3.8, 4) is 16.9 Å². The first-order valence-electron chi connectivity index (χ1n) is 11.4. The number of carbonyl (C=O) groups excluding carboxylic acids is 3. The van der Waals surface area contributed by atoms with E-state index in [-0.39, 0.29) is 11.5 Å². The molecule has 0 saturated heterocycles. The van der Waals surface area contributed by atoms with E-state index in [1.54, 1.807) is 55.9 Å². The quantitative estimate of drug-likeness (QED) is 0.362. The molecule has 3 amide bonds. The van der Waals surface area contributed by atoms with Gasteiger partial charge in [0.25, 0.3) is 11.8 Å². The van der Waals surface area contributed by atoms with Gasteiger partial charge in [0.2, 0.25) is 5.91 Å². The molecule has 0 aliphatic carbocycles. The molecule has 3 N–H and O–H groups in total. The van der Waals surface area contributed by atoms with Crippen molar-refractivity contribution in [3.63, 3.8) is 0 Å². The van der Waals surface area contributed by atoms with E-state index in [1.807, 2.05) is 60.7 Å². The van der Waals surface area contributed by atoms with E-state index in [1.165, 1.54) is 0 Å². The van der Waals surface area contributed by atoms with Crippen LogP contribution < -0.4 is 16.2 Å². The summed E-state index contributed by atoms with van der Waals surface area (Å²) >= 11 is 0. The van der Waals surface area contributed by atoms with E-state index in [9.17, 15) is 14.4 Å². The minimum Gasteiger partial charge on any atom is -0.326 e. The minimum atomic E-state index is -0.576. The zero-order valence-electron chi connectivity index (χ0n) is 20.3. The molecule has 4 aromatic rings. The molecule has 0 atom stereocenters. The molecule has 1 aromatic heterocycles. The lowest BCUT2D eigenvalue weighted by atomic mass is 9.95. The van der Waals surface area contributed by atoms with E-state index in [4.69, 9.17) is 0 Å². The van der Waals surface area contributed by atoms with Crippen LogP contribution >= 0.6 is 0 Å². The van der Waals surface area contributed by atoms with Crippen molar-refractivity contribution in [1.29, 1.82) is 0 Å². The predicted molar refractivity (Wildman–Crippen MR) is 138 cm³/mol. The largest absolute Gasteiger partial charge is 0.326 e. The zero-order chi connectivity index (χ0) is 25.7. The van der Waals surface area contributed by atoms with Gasteiger partial charge in [-0.2, -0.15) is 5.10 Å². The molecule has 1 heterocycles. The first kappa shape index (κ1) is 24.4. The zero-order valence-corrected chi connectivity index (χ0v) is 20.3. The second-order valence-corrected chi connectivity index (χ2v) is 9.23. The minimum absolute atomic E-state index is 0.169. The van der Waals surface area contributed by atoms with Crippen LogP contribution in [-0.4, -0.2) is 27.5 Å². The Morgan fingerprint density at radius 3 is 2.08 bits per heavy atom. The fourth-order valence-electron chi connectivity index (χ4n) is 3.37. The van der Waals surface area contributed by atoms with Gasteiger partial charge in [-0.15, -0.1) is 0 Å². The number of rotatable bonds is 5. The van der Waals surface area contributed by atoms with Gasteiger partial charge in [-0.25, -0.2) is 4.68 Å². The van der Waals surface area contributed by atoms with Gasteiger partial charge in [-0.1, -0.05) is 75.4 Å². The van der Waals surface area contributed by atoms with Gasteiger partial charge < -0.3 is 5.32 Å². The van der Waals surface area contributed by atoms with Crippen LogP contribution in [0.3, 0.4) is 0 Å². The molecular weight excluding hydrogens is 454 g/mol. The fraction of sp³-hybridized carbons (Fsp3) is 0.143. The van der Waals surface area contributed by atoms with Crippen molar-refractivity contribution in [3.05, 3.63) is 102 Å². The molecule has 3 aromatic carbocycles. The summed E-state index contributed by atoms with van der Waals surface area (Å²) in [5, 5.41) is 7.41. The maximum Gasteiger partial charge on any atom is 0.273 e. The molecule has 0 bridgehead atoms. The first-order valence-corrected chi connectivity index (χ1v) is 11.4. The van der Waals surface area contributed by atoms with Crippen molar-refractivity contribution < 1.29 is 14.4 Å². The number of nitrogens with zero attached hydrogens (tertiary/aromatic N) is 2. The van der Waals surface area contributed by atoms with Crippen LogP contribution in [0.1, 0.15) is 41.5 Å². The molecule has 0 unspecified atom stereocenters. The third kappa shape index (κ3) is 5.67. The number of anilines is 1. The molecular formula is C28H27N5O3. The molecule has 0 saturated carbocycles. The lowest BCUT2D eigenvalue weighted by molar-refractivity contribution is -0.123. The Balaban J connectivity index is 1.52. The molecule has 0 spiro atoms. The number of aromatic nitrogens is 2. The lowest BCUT2D eigenvalue weighted by Gasteiger charge is -2.18. The number of hydrogen-bond acceptors (Lipinski definition) is 4. The summed E-state index contributed by atoms with van der Waals surface area (Å²) in [4.78, 5) is 38.1. The van der Waals surface area contributed by atoms with Gasteiger partial charge in [-0.3, -0.25) is 25.2 Å². The van der Waals surface area contributed by atoms with Crippen LogP contribution in [0.15, 0.2) is 91.1 Å². The highest BCUT2D eigenvalue weighted by Crippen LogP contribution is 2.23. The molecule has 182 valence electrons. The number of nitrogens with one attached hydrogen (secondary N) is 3. The molecule has 4 rings (SSSR count). The summed E-state index contributed by atoms with van der Waals surface area (Å²) in [6.07, 6.45) is 1.63. The number of hydrogen-bond donors (Lipinski definition) is 3. The summed E-state index contributed by atoms with van der Waals surface area (Å²) in [7, 11) is 0. The highest BCUT2D eigenvalue weighted by molar-refractivity contribution is 6.03. The number of amides is 3. The Kier molecular flexibility index (Phi) is 6.96.